The van der Waals surface area contributed by atoms with E-state index in [1.54, 1.807) is 6.08 Å². The number of carbonyl (C=O) groups is 2. The molecule has 7 heteroatoms. The molecule has 4 aliphatic rings. The second-order valence-electron chi connectivity index (χ2n) is 9.60. The third-order valence-electron chi connectivity index (χ3n) is 7.55. The number of aromatic nitrogens is 1. The third kappa shape index (κ3) is 2.99. The average molecular weight is 465 g/mol. The lowest BCUT2D eigenvalue weighted by atomic mass is 9.74. The molecule has 6 nitrogen and oxygen atoms in total. The van der Waals surface area contributed by atoms with Gasteiger partial charge in [0, 0.05) is 34.6 Å². The quantitative estimate of drug-likeness (QED) is 0.571. The van der Waals surface area contributed by atoms with Crippen LogP contribution < -0.4 is 5.32 Å². The van der Waals surface area contributed by atoms with Gasteiger partial charge in [-0.1, -0.05) is 20.8 Å². The van der Waals surface area contributed by atoms with Crippen LogP contribution >= 0.6 is 0 Å². The fourth-order valence-electron chi connectivity index (χ4n) is 5.91. The predicted molar refractivity (Wildman–Crippen MR) is 127 cm³/mol. The number of rotatable bonds is 0. The number of halogens is 1. The van der Waals surface area contributed by atoms with Crippen molar-refractivity contribution in [3.63, 3.8) is 0 Å². The number of nitrogens with one attached hydrogen (secondary N) is 1. The molecule has 3 aliphatic heterocycles. The molecule has 4 heterocycles. The number of nitrogens with zero attached hydrogens (tertiary/aromatic N) is 1. The molecule has 0 saturated carbocycles. The first-order valence-electron chi connectivity index (χ1n) is 12.0. The summed E-state index contributed by atoms with van der Waals surface area (Å²) in [5, 5.41) is 14.9. The highest BCUT2D eigenvalue weighted by Gasteiger charge is 2.47. The van der Waals surface area contributed by atoms with Crippen molar-refractivity contribution in [2.45, 2.75) is 71.4 Å². The fraction of sp³-hybridized carbons (Fsp3) is 0.444. The van der Waals surface area contributed by atoms with E-state index in [4.69, 9.17) is 9.72 Å². The Balaban J connectivity index is 0.00000117. The lowest BCUT2D eigenvalue weighted by molar-refractivity contribution is -0.152. The molecule has 3 atom stereocenters. The largest absolute Gasteiger partial charge is 0.458 e. The highest BCUT2D eigenvalue weighted by Crippen LogP contribution is 2.50. The molecule has 2 bridgehead atoms. The molecule has 0 radical (unpaired) electrons. The number of fused-ring (bicyclic) bond motifs is 6. The summed E-state index contributed by atoms with van der Waals surface area (Å²) in [7, 11) is 0. The normalized spacial score (nSPS) is 28.5. The van der Waals surface area contributed by atoms with E-state index in [0.29, 0.717) is 28.0 Å². The van der Waals surface area contributed by atoms with Crippen molar-refractivity contribution in [3.05, 3.63) is 57.1 Å². The fourth-order valence-corrected chi connectivity index (χ4v) is 5.91. The van der Waals surface area contributed by atoms with Gasteiger partial charge < -0.3 is 15.2 Å². The average Bonchev–Trinajstić information content (AvgIpc) is 3.08. The maximum Gasteiger partial charge on any atom is 0.340 e. The van der Waals surface area contributed by atoms with Crippen molar-refractivity contribution in [1.82, 2.24) is 10.3 Å². The van der Waals surface area contributed by atoms with E-state index in [1.807, 2.05) is 27.7 Å². The Morgan fingerprint density at radius 3 is 2.76 bits per heavy atom. The van der Waals surface area contributed by atoms with Crippen molar-refractivity contribution in [2.24, 2.45) is 0 Å². The maximum absolute atomic E-state index is 14.7. The summed E-state index contributed by atoms with van der Waals surface area (Å²) in [6, 6.07) is 1.49. The molecular weight excluding hydrogens is 435 g/mol. The highest BCUT2D eigenvalue weighted by molar-refractivity contribution is 6.03. The summed E-state index contributed by atoms with van der Waals surface area (Å²) in [4.78, 5) is 30.1. The van der Waals surface area contributed by atoms with Crippen molar-refractivity contribution in [2.75, 3.05) is 6.61 Å². The Hall–Kier alpha value is -3.06. The number of hydrogen-bond acceptors (Lipinski definition) is 6. The predicted octanol–water partition coefficient (Wildman–Crippen LogP) is 4.10. The molecule has 0 spiro atoms. The minimum absolute atomic E-state index is 0.142. The number of cyclic esters (lactones) is 1. The molecule has 6 rings (SSSR count). The second kappa shape index (κ2) is 7.73. The van der Waals surface area contributed by atoms with Gasteiger partial charge in [-0.15, -0.1) is 0 Å². The van der Waals surface area contributed by atoms with E-state index in [1.165, 1.54) is 6.07 Å². The molecular formula is C27H29FN2O4. The number of benzene rings is 1. The van der Waals surface area contributed by atoms with E-state index in [-0.39, 0.29) is 36.1 Å². The van der Waals surface area contributed by atoms with Gasteiger partial charge >= 0.3 is 5.97 Å². The van der Waals surface area contributed by atoms with Crippen LogP contribution in [0.1, 0.15) is 74.4 Å². The van der Waals surface area contributed by atoms with E-state index in [2.05, 4.69) is 12.2 Å². The smallest absolute Gasteiger partial charge is 0.340 e. The Morgan fingerprint density at radius 1 is 1.29 bits per heavy atom. The van der Waals surface area contributed by atoms with Gasteiger partial charge in [0.05, 0.1) is 22.4 Å². The molecule has 3 unspecified atom stereocenters. The van der Waals surface area contributed by atoms with E-state index in [9.17, 15) is 19.1 Å². The minimum atomic E-state index is -1.52. The molecule has 2 N–H and O–H groups in total. The van der Waals surface area contributed by atoms with Crippen molar-refractivity contribution in [1.29, 1.82) is 0 Å². The summed E-state index contributed by atoms with van der Waals surface area (Å²) in [5.41, 5.74) is 5.50. The van der Waals surface area contributed by atoms with Gasteiger partial charge in [0.1, 0.15) is 12.4 Å². The van der Waals surface area contributed by atoms with Crippen LogP contribution in [0.15, 0.2) is 23.3 Å². The van der Waals surface area contributed by atoms with E-state index < -0.39 is 17.6 Å². The Morgan fingerprint density at radius 2 is 2.03 bits per heavy atom. The number of aliphatic hydroxyl groups is 1. The first-order valence-corrected chi connectivity index (χ1v) is 12.0. The third-order valence-corrected chi connectivity index (χ3v) is 7.55. The van der Waals surface area contributed by atoms with Crippen LogP contribution in [0.4, 0.5) is 4.39 Å². The SMILES string of the molecule is CC.Cc1c(F)cc2nc3c(c4c2c1CCC4C)C1(C)CC(=O)C2=C(/C=C/3N1)C(O)C(=O)OC2. The second-order valence-corrected chi connectivity index (χ2v) is 9.60. The number of pyridine rings is 1. The first kappa shape index (κ1) is 22.7. The van der Waals surface area contributed by atoms with Gasteiger partial charge in [0.25, 0.3) is 0 Å². The van der Waals surface area contributed by atoms with Crippen molar-refractivity contribution in [3.8, 4) is 0 Å². The zero-order valence-corrected chi connectivity index (χ0v) is 20.1. The number of ketones is 1. The number of Topliss-reactive ketones (excluding diaryl/α,β-unsaturated/α-hetero) is 1. The van der Waals surface area contributed by atoms with Gasteiger partial charge in [-0.2, -0.15) is 0 Å². The van der Waals surface area contributed by atoms with Crippen LogP contribution in [0.2, 0.25) is 0 Å². The van der Waals surface area contributed by atoms with Crippen molar-refractivity contribution >= 4 is 28.4 Å². The molecule has 0 fully saturated rings. The van der Waals surface area contributed by atoms with Gasteiger partial charge in [0.2, 0.25) is 0 Å². The van der Waals surface area contributed by atoms with Gasteiger partial charge in [-0.25, -0.2) is 14.2 Å². The van der Waals surface area contributed by atoms with Crippen LogP contribution in [0.3, 0.4) is 0 Å². The summed E-state index contributed by atoms with van der Waals surface area (Å²) in [6.07, 6.45) is 1.95. The Bertz CT molecular complexity index is 1340. The molecule has 0 amide bonds. The van der Waals surface area contributed by atoms with Crippen LogP contribution in [-0.2, 0) is 26.3 Å². The number of carbonyl (C=O) groups excluding carboxylic acids is 2. The molecule has 178 valence electrons. The van der Waals surface area contributed by atoms with Crippen LogP contribution in [0.5, 0.6) is 0 Å². The molecule has 1 aliphatic carbocycles. The minimum Gasteiger partial charge on any atom is -0.458 e. The Kier molecular flexibility index (Phi) is 5.17. The number of aliphatic hydroxyl groups excluding tert-OH is 1. The van der Waals surface area contributed by atoms with Crippen molar-refractivity contribution < 1.29 is 23.8 Å². The van der Waals surface area contributed by atoms with Crippen LogP contribution in [-0.4, -0.2) is 34.6 Å². The first-order chi connectivity index (χ1) is 16.2. The van der Waals surface area contributed by atoms with E-state index >= 15 is 0 Å². The monoisotopic (exact) mass is 464 g/mol. The lowest BCUT2D eigenvalue weighted by Crippen LogP contribution is -2.41. The van der Waals surface area contributed by atoms with Gasteiger partial charge in [-0.3, -0.25) is 4.79 Å². The number of esters is 1. The van der Waals surface area contributed by atoms with E-state index in [0.717, 1.165) is 34.9 Å². The zero-order valence-electron chi connectivity index (χ0n) is 20.1. The van der Waals surface area contributed by atoms with Gasteiger partial charge in [-0.05, 0) is 55.4 Å². The highest BCUT2D eigenvalue weighted by atomic mass is 19.1. The molecule has 1 aromatic heterocycles. The molecule has 1 aromatic carbocycles. The number of hydrogen-bond donors (Lipinski definition) is 2. The number of ether oxygens (including phenoxy) is 1. The summed E-state index contributed by atoms with van der Waals surface area (Å²) in [6.45, 7) is 9.82. The Labute approximate surface area is 197 Å². The topological polar surface area (TPSA) is 88.5 Å². The van der Waals surface area contributed by atoms with Gasteiger partial charge in [0.15, 0.2) is 11.9 Å². The molecule has 0 saturated heterocycles. The number of aryl methyl sites for hydroxylation is 1. The summed E-state index contributed by atoms with van der Waals surface area (Å²) < 4.78 is 19.8. The molecule has 2 aromatic rings. The standard InChI is InChI=1S/C25H23FN2O4.C2H6/c1-10-4-5-12-11(2)15(26)7-16-20(12)19(10)21-22(27-16)17-6-13-14(9-32-24(31)23(13)30)18(29)8-25(21,3)28-17;1-2/h6-7,10,23,28,30H,4-5,8-9H2,1-3H3;1-2H3/b17-6-;. The summed E-state index contributed by atoms with van der Waals surface area (Å²) in [5.74, 6) is -0.987. The maximum atomic E-state index is 14.7. The lowest BCUT2D eigenvalue weighted by Gasteiger charge is -2.34. The summed E-state index contributed by atoms with van der Waals surface area (Å²) >= 11 is 0. The molecule has 34 heavy (non-hydrogen) atoms. The van der Waals surface area contributed by atoms with Crippen LogP contribution in [0.25, 0.3) is 16.6 Å². The van der Waals surface area contributed by atoms with Crippen LogP contribution in [0, 0.1) is 12.7 Å². The zero-order chi connectivity index (χ0) is 24.5.